The maximum absolute atomic E-state index is 12.5. The average Bonchev–Trinajstić information content (AvgIpc) is 2.62. The Morgan fingerprint density at radius 3 is 2.46 bits per heavy atom. The smallest absolute Gasteiger partial charge is 0.255 e. The summed E-state index contributed by atoms with van der Waals surface area (Å²) in [6.07, 6.45) is 1.00. The number of benzene rings is 2. The number of carbonyl (C=O) groups excluding carboxylic acids is 1. The van der Waals surface area contributed by atoms with Crippen molar-refractivity contribution in [3.8, 4) is 17.2 Å². The zero-order valence-corrected chi connectivity index (χ0v) is 16.5. The van der Waals surface area contributed by atoms with Crippen LogP contribution in [-0.4, -0.2) is 25.7 Å². The van der Waals surface area contributed by atoms with Gasteiger partial charge in [-0.2, -0.15) is 0 Å². The molecule has 1 amide bonds. The van der Waals surface area contributed by atoms with Crippen molar-refractivity contribution >= 4 is 27.5 Å². The van der Waals surface area contributed by atoms with Crippen molar-refractivity contribution in [2.24, 2.45) is 5.92 Å². The van der Waals surface area contributed by atoms with Crippen molar-refractivity contribution in [1.82, 2.24) is 0 Å². The summed E-state index contributed by atoms with van der Waals surface area (Å²) in [6.45, 7) is 6.02. The zero-order chi connectivity index (χ0) is 18.5. The van der Waals surface area contributed by atoms with E-state index in [-0.39, 0.29) is 5.91 Å². The second-order valence-electron chi connectivity index (χ2n) is 6.49. The summed E-state index contributed by atoms with van der Waals surface area (Å²) in [7, 11) is 0. The summed E-state index contributed by atoms with van der Waals surface area (Å²) in [6, 6.07) is 10.7. The van der Waals surface area contributed by atoms with Gasteiger partial charge in [0, 0.05) is 22.2 Å². The van der Waals surface area contributed by atoms with Crippen LogP contribution in [0.15, 0.2) is 40.9 Å². The average molecular weight is 420 g/mol. The third kappa shape index (κ3) is 4.69. The van der Waals surface area contributed by atoms with Crippen LogP contribution in [0.5, 0.6) is 17.2 Å². The van der Waals surface area contributed by atoms with E-state index in [9.17, 15) is 4.79 Å². The van der Waals surface area contributed by atoms with Crippen molar-refractivity contribution in [2.45, 2.75) is 20.3 Å². The van der Waals surface area contributed by atoms with Gasteiger partial charge in [0.2, 0.25) is 0 Å². The van der Waals surface area contributed by atoms with Crippen molar-refractivity contribution in [3.63, 3.8) is 0 Å². The quantitative estimate of drug-likeness (QED) is 0.723. The normalized spacial score (nSPS) is 12.8. The number of amides is 1. The number of carbonyl (C=O) groups is 1. The molecule has 1 heterocycles. The van der Waals surface area contributed by atoms with Crippen LogP contribution >= 0.6 is 15.9 Å². The fourth-order valence-corrected chi connectivity index (χ4v) is 2.89. The molecule has 0 bridgehead atoms. The van der Waals surface area contributed by atoms with Gasteiger partial charge in [0.25, 0.3) is 5.91 Å². The summed E-state index contributed by atoms with van der Waals surface area (Å²) >= 11 is 3.46. The summed E-state index contributed by atoms with van der Waals surface area (Å²) in [5.74, 6) is 2.47. The van der Waals surface area contributed by atoms with Gasteiger partial charge in [-0.1, -0.05) is 13.8 Å². The largest absolute Gasteiger partial charge is 0.494 e. The monoisotopic (exact) mass is 419 g/mol. The highest BCUT2D eigenvalue weighted by Gasteiger charge is 2.16. The fourth-order valence-electron chi connectivity index (χ4n) is 2.47. The Labute approximate surface area is 161 Å². The van der Waals surface area contributed by atoms with Gasteiger partial charge >= 0.3 is 0 Å². The van der Waals surface area contributed by atoms with Gasteiger partial charge in [0.05, 0.1) is 12.3 Å². The van der Waals surface area contributed by atoms with Gasteiger partial charge in [-0.15, -0.1) is 0 Å². The summed E-state index contributed by atoms with van der Waals surface area (Å²) < 4.78 is 17.5. The van der Waals surface area contributed by atoms with Crippen molar-refractivity contribution in [2.75, 3.05) is 25.1 Å². The van der Waals surface area contributed by atoms with Gasteiger partial charge in [0.1, 0.15) is 19.0 Å². The molecule has 1 aliphatic rings. The molecule has 2 aromatic carbocycles. The third-order valence-corrected chi connectivity index (χ3v) is 4.62. The maximum atomic E-state index is 12.5. The second kappa shape index (κ2) is 8.45. The van der Waals surface area contributed by atoms with E-state index in [4.69, 9.17) is 14.2 Å². The fraction of sp³-hybridized carbons (Fsp3) is 0.350. The molecule has 0 radical (unpaired) electrons. The predicted octanol–water partition coefficient (Wildman–Crippen LogP) is 4.90. The van der Waals surface area contributed by atoms with Crippen LogP contribution in [0, 0.1) is 5.92 Å². The Morgan fingerprint density at radius 2 is 1.81 bits per heavy atom. The molecule has 26 heavy (non-hydrogen) atoms. The lowest BCUT2D eigenvalue weighted by molar-refractivity contribution is 0.102. The SMILES string of the molecule is CC(C)CCOc1ccc(C(=O)Nc2cc3c(cc2Br)OCCO3)cc1. The van der Waals surface area contributed by atoms with E-state index in [0.29, 0.717) is 48.5 Å². The van der Waals surface area contributed by atoms with Gasteiger partial charge < -0.3 is 19.5 Å². The number of nitrogens with one attached hydrogen (secondary N) is 1. The molecule has 2 aromatic rings. The van der Waals surface area contributed by atoms with Crippen LogP contribution in [0.4, 0.5) is 5.69 Å². The highest BCUT2D eigenvalue weighted by atomic mass is 79.9. The van der Waals surface area contributed by atoms with E-state index in [1.54, 1.807) is 24.3 Å². The van der Waals surface area contributed by atoms with Gasteiger partial charge in [-0.05, 0) is 52.5 Å². The molecule has 5 nitrogen and oxygen atoms in total. The minimum Gasteiger partial charge on any atom is -0.494 e. The van der Waals surface area contributed by atoms with Crippen LogP contribution in [0.3, 0.4) is 0 Å². The van der Waals surface area contributed by atoms with Crippen LogP contribution in [0.2, 0.25) is 0 Å². The van der Waals surface area contributed by atoms with E-state index in [1.807, 2.05) is 12.1 Å². The number of hydrogen-bond acceptors (Lipinski definition) is 4. The molecule has 1 N–H and O–H groups in total. The predicted molar refractivity (Wildman–Crippen MR) is 104 cm³/mol. The summed E-state index contributed by atoms with van der Waals surface area (Å²) in [5, 5.41) is 2.89. The van der Waals surface area contributed by atoms with E-state index in [1.165, 1.54) is 0 Å². The third-order valence-electron chi connectivity index (χ3n) is 3.96. The van der Waals surface area contributed by atoms with E-state index >= 15 is 0 Å². The molecule has 0 unspecified atom stereocenters. The number of rotatable bonds is 6. The molecule has 0 atom stereocenters. The van der Waals surface area contributed by atoms with Crippen LogP contribution < -0.4 is 19.5 Å². The lowest BCUT2D eigenvalue weighted by Gasteiger charge is -2.20. The number of anilines is 1. The second-order valence-corrected chi connectivity index (χ2v) is 7.34. The minimum atomic E-state index is -0.198. The molecule has 6 heteroatoms. The van der Waals surface area contributed by atoms with Crippen molar-refractivity contribution in [1.29, 1.82) is 0 Å². The lowest BCUT2D eigenvalue weighted by Crippen LogP contribution is -2.17. The summed E-state index contributed by atoms with van der Waals surface area (Å²) in [5.41, 5.74) is 1.19. The Balaban J connectivity index is 1.64. The summed E-state index contributed by atoms with van der Waals surface area (Å²) in [4.78, 5) is 12.5. The molecule has 0 saturated carbocycles. The Kier molecular flexibility index (Phi) is 6.04. The van der Waals surface area contributed by atoms with Crippen LogP contribution in [-0.2, 0) is 0 Å². The number of ether oxygens (including phenoxy) is 3. The standard InChI is InChI=1S/C20H22BrNO4/c1-13(2)7-8-24-15-5-3-14(4-6-15)20(23)22-17-12-19-18(11-16(17)21)25-9-10-26-19/h3-6,11-13H,7-10H2,1-2H3,(H,22,23). The number of fused-ring (bicyclic) bond motifs is 1. The molecule has 0 aliphatic carbocycles. The maximum Gasteiger partial charge on any atom is 0.255 e. The highest BCUT2D eigenvalue weighted by molar-refractivity contribution is 9.10. The zero-order valence-electron chi connectivity index (χ0n) is 14.9. The first-order valence-electron chi connectivity index (χ1n) is 8.66. The first-order chi connectivity index (χ1) is 12.5. The molecule has 0 saturated heterocycles. The molecule has 3 rings (SSSR count). The molecule has 0 fully saturated rings. The molecule has 0 spiro atoms. The Bertz CT molecular complexity index is 774. The van der Waals surface area contributed by atoms with Crippen LogP contribution in [0.1, 0.15) is 30.6 Å². The first-order valence-corrected chi connectivity index (χ1v) is 9.45. The van der Waals surface area contributed by atoms with Crippen LogP contribution in [0.25, 0.3) is 0 Å². The Hall–Kier alpha value is -2.21. The molecule has 1 aliphatic heterocycles. The minimum absolute atomic E-state index is 0.198. The molecule has 138 valence electrons. The van der Waals surface area contributed by atoms with Crippen molar-refractivity contribution < 1.29 is 19.0 Å². The van der Waals surface area contributed by atoms with Gasteiger partial charge in [-0.25, -0.2) is 0 Å². The Morgan fingerprint density at radius 1 is 1.15 bits per heavy atom. The highest BCUT2D eigenvalue weighted by Crippen LogP contribution is 2.38. The molecular formula is C20H22BrNO4. The van der Waals surface area contributed by atoms with Gasteiger partial charge in [0.15, 0.2) is 11.5 Å². The molecule has 0 aromatic heterocycles. The van der Waals surface area contributed by atoms with Gasteiger partial charge in [-0.3, -0.25) is 4.79 Å². The van der Waals surface area contributed by atoms with E-state index < -0.39 is 0 Å². The lowest BCUT2D eigenvalue weighted by atomic mass is 10.1. The number of halogens is 1. The van der Waals surface area contributed by atoms with E-state index in [2.05, 4.69) is 35.1 Å². The first kappa shape index (κ1) is 18.6. The molecular weight excluding hydrogens is 398 g/mol. The number of hydrogen-bond donors (Lipinski definition) is 1. The topological polar surface area (TPSA) is 56.8 Å². The van der Waals surface area contributed by atoms with E-state index in [0.717, 1.165) is 16.6 Å². The van der Waals surface area contributed by atoms with Crippen molar-refractivity contribution in [3.05, 3.63) is 46.4 Å².